The Morgan fingerprint density at radius 1 is 0.563 bits per heavy atom. The summed E-state index contributed by atoms with van der Waals surface area (Å²) in [5.74, 6) is 8.62. The first-order valence-electron chi connectivity index (χ1n) is 27.9. The zero-order valence-electron chi connectivity index (χ0n) is 44.3. The van der Waals surface area contributed by atoms with E-state index in [2.05, 4.69) is 40.0 Å². The predicted octanol–water partition coefficient (Wildman–Crippen LogP) is 6.23. The lowest BCUT2D eigenvalue weighted by Gasteiger charge is -2.57. The maximum atomic E-state index is 13.6. The molecular weight excluding hydrogens is 1010 g/mol. The lowest BCUT2D eigenvalue weighted by atomic mass is 9.49. The molecule has 2 aliphatic heterocycles. The maximum absolute atomic E-state index is 13.6. The summed E-state index contributed by atoms with van der Waals surface area (Å²) in [5, 5.41) is 25.4. The number of Topliss-reactive ketones (excluding diaryl/α,β-unsaturated/α-hetero) is 2. The van der Waals surface area contributed by atoms with Gasteiger partial charge in [-0.25, -0.2) is 16.8 Å². The highest BCUT2D eigenvalue weighted by atomic mass is 79.9. The third-order valence-electron chi connectivity index (χ3n) is 21.7. The molecule has 71 heavy (non-hydrogen) atoms. The van der Waals surface area contributed by atoms with E-state index in [0.29, 0.717) is 93.7 Å². The van der Waals surface area contributed by atoms with Gasteiger partial charge in [0.25, 0.3) is 0 Å². The van der Waals surface area contributed by atoms with E-state index in [9.17, 15) is 36.6 Å². The van der Waals surface area contributed by atoms with E-state index in [0.717, 1.165) is 106 Å². The van der Waals surface area contributed by atoms with Crippen molar-refractivity contribution in [3.8, 4) is 0 Å². The molecule has 0 amide bonds. The number of carbonyl (C=O) groups is 2. The summed E-state index contributed by atoms with van der Waals surface area (Å²) in [6, 6.07) is 0. The van der Waals surface area contributed by atoms with Crippen LogP contribution in [0.15, 0.2) is 0 Å². The Labute approximate surface area is 436 Å². The summed E-state index contributed by atoms with van der Waals surface area (Å²) >= 11 is 3.42. The van der Waals surface area contributed by atoms with Crippen molar-refractivity contribution in [1.82, 2.24) is 18.8 Å². The fourth-order valence-corrected chi connectivity index (χ4v) is 20.5. The SMILES string of the molecule is COC[C@@]1(O)CC[C@H]2[C@H](CC[C@@H]3[C@@H]2CC[C@]2(C)[C@@H](C(=O)CBr)CC[C@@H]32)C1.COC[C@@]1(O)CC[C@H]2[C@H](CC[C@@H]3[C@@H]2CC[C@]2(C)[C@@H](C(=O)CN4CCN(S(C)(=O)=O)CC4)CC[C@@H]32)C1.CS(=O)(=O)N1CCNCC1. The maximum Gasteiger partial charge on any atom is 0.211 e. The van der Waals surface area contributed by atoms with Crippen LogP contribution >= 0.6 is 15.9 Å². The molecule has 0 aromatic carbocycles. The highest BCUT2D eigenvalue weighted by Gasteiger charge is 2.61. The topological polar surface area (TPSA) is 183 Å². The number of methoxy groups -OCH3 is 2. The summed E-state index contributed by atoms with van der Waals surface area (Å²) < 4.78 is 59.0. The lowest BCUT2D eigenvalue weighted by Crippen LogP contribution is -2.53. The Morgan fingerprint density at radius 2 is 0.986 bits per heavy atom. The molecule has 8 aliphatic carbocycles. The minimum absolute atomic E-state index is 0.116. The number of rotatable bonds is 11. The Balaban J connectivity index is 0.000000164. The number of hydrogen-bond donors (Lipinski definition) is 3. The van der Waals surface area contributed by atoms with Gasteiger partial charge in [0.2, 0.25) is 20.0 Å². The largest absolute Gasteiger partial charge is 0.387 e. The summed E-state index contributed by atoms with van der Waals surface area (Å²) in [6.45, 7) is 11.3. The fourth-order valence-electron chi connectivity index (χ4n) is 18.4. The lowest BCUT2D eigenvalue weighted by molar-refractivity contribution is -0.137. The number of halogens is 1. The Bertz CT molecular complexity index is 2070. The minimum Gasteiger partial charge on any atom is -0.387 e. The zero-order chi connectivity index (χ0) is 51.1. The Kier molecular flexibility index (Phi) is 18.2. The van der Waals surface area contributed by atoms with Gasteiger partial charge >= 0.3 is 0 Å². The summed E-state index contributed by atoms with van der Waals surface area (Å²) in [6.07, 6.45) is 22.9. The van der Waals surface area contributed by atoms with Gasteiger partial charge in [0.15, 0.2) is 0 Å². The molecule has 0 unspecified atom stereocenters. The molecule has 8 saturated carbocycles. The van der Waals surface area contributed by atoms with Gasteiger partial charge in [0.1, 0.15) is 11.6 Å². The van der Waals surface area contributed by atoms with Gasteiger partial charge in [-0.2, -0.15) is 8.61 Å². The van der Waals surface area contributed by atoms with Crippen molar-refractivity contribution in [2.24, 2.45) is 81.8 Å². The van der Waals surface area contributed by atoms with E-state index in [4.69, 9.17) is 9.47 Å². The number of aliphatic hydroxyl groups is 2. The minimum atomic E-state index is -3.15. The molecule has 2 saturated heterocycles. The molecule has 2 heterocycles. The van der Waals surface area contributed by atoms with Crippen LogP contribution in [0, 0.1) is 81.8 Å². The number of carbonyl (C=O) groups excluding carboxylic acids is 2. The molecule has 0 spiro atoms. The average Bonchev–Trinajstić information content (AvgIpc) is 3.88. The van der Waals surface area contributed by atoms with Gasteiger partial charge in [0, 0.05) is 78.4 Å². The molecule has 0 radical (unpaired) electrons. The number of ether oxygens (including phenoxy) is 2. The van der Waals surface area contributed by atoms with Gasteiger partial charge in [-0.3, -0.25) is 14.5 Å². The van der Waals surface area contributed by atoms with Crippen molar-refractivity contribution in [2.75, 3.05) is 104 Å². The average molecular weight is 1100 g/mol. The van der Waals surface area contributed by atoms with E-state index in [1.54, 1.807) is 14.2 Å². The van der Waals surface area contributed by atoms with Crippen LogP contribution in [0.25, 0.3) is 0 Å². The number of hydrogen-bond acceptors (Lipinski definition) is 12. The van der Waals surface area contributed by atoms with Gasteiger partial charge < -0.3 is 25.0 Å². The first kappa shape index (κ1) is 56.6. The molecule has 17 heteroatoms. The van der Waals surface area contributed by atoms with Crippen LogP contribution in [0.4, 0.5) is 0 Å². The standard InChI is InChI=1S/C27H46N2O5S.C22H35BrO3.C5H12N2O2S/c1-26-10-8-21-20-9-11-27(31,18-34-2)16-19(20)4-5-22(21)23(26)6-7-24(26)25(30)17-28-12-14-29(15-13-28)35(3,32)33;1-21-9-7-16-15-8-10-22(25,13-26-2)11-14(15)3-4-17(16)18(21)5-6-19(21)20(24)12-23;1-10(8,9)7-4-2-6-3-5-7/h19-24,31H,4-18H2,1-3H3;14-19,25H,3-13H2,1-2H3;6H,2-5H2,1H3/t19-,20+,21-,22-,23+,24-,26+,27-;14-,15+,16-,17-,18+,19-,21+,22-;/m11./s1. The van der Waals surface area contributed by atoms with Crippen LogP contribution < -0.4 is 5.32 Å². The van der Waals surface area contributed by atoms with Crippen LogP contribution in [0.1, 0.15) is 129 Å². The van der Waals surface area contributed by atoms with Gasteiger partial charge in [-0.05, 0) is 186 Å². The van der Waals surface area contributed by atoms with Crippen LogP contribution in [-0.2, 0) is 39.1 Å². The van der Waals surface area contributed by atoms with Crippen molar-refractivity contribution in [2.45, 2.75) is 141 Å². The van der Waals surface area contributed by atoms with Crippen LogP contribution in [-0.4, -0.2) is 168 Å². The van der Waals surface area contributed by atoms with Crippen molar-refractivity contribution in [3.05, 3.63) is 0 Å². The van der Waals surface area contributed by atoms with E-state index in [-0.39, 0.29) is 22.7 Å². The third-order valence-corrected chi connectivity index (χ3v) is 24.8. The predicted molar refractivity (Wildman–Crippen MR) is 281 cm³/mol. The van der Waals surface area contributed by atoms with E-state index >= 15 is 0 Å². The quantitative estimate of drug-likeness (QED) is 0.199. The van der Waals surface area contributed by atoms with Crippen LogP contribution in [0.3, 0.4) is 0 Å². The fraction of sp³-hybridized carbons (Fsp3) is 0.963. The number of ketones is 2. The number of piperazine rings is 2. The highest BCUT2D eigenvalue weighted by molar-refractivity contribution is 9.09. The van der Waals surface area contributed by atoms with Gasteiger partial charge in [-0.15, -0.1) is 0 Å². The number of alkyl halides is 1. The smallest absolute Gasteiger partial charge is 0.211 e. The van der Waals surface area contributed by atoms with Gasteiger partial charge in [0.05, 0.1) is 48.8 Å². The first-order chi connectivity index (χ1) is 33.6. The van der Waals surface area contributed by atoms with Crippen molar-refractivity contribution < 1.29 is 46.1 Å². The second kappa shape index (κ2) is 22.8. The molecular formula is C54H93BrN4O10S2. The normalized spacial score (nSPS) is 43.9. The highest BCUT2D eigenvalue weighted by Crippen LogP contribution is 2.66. The molecule has 14 nitrogen and oxygen atoms in total. The molecule has 10 rings (SSSR count). The van der Waals surface area contributed by atoms with E-state index < -0.39 is 31.2 Å². The van der Waals surface area contributed by atoms with Gasteiger partial charge in [-0.1, -0.05) is 29.8 Å². The zero-order valence-corrected chi connectivity index (χ0v) is 47.6. The third kappa shape index (κ3) is 12.1. The summed E-state index contributed by atoms with van der Waals surface area (Å²) in [5.41, 5.74) is -0.869. The van der Waals surface area contributed by atoms with Crippen molar-refractivity contribution >= 4 is 47.5 Å². The Morgan fingerprint density at radius 3 is 1.39 bits per heavy atom. The van der Waals surface area contributed by atoms with E-state index in [1.165, 1.54) is 85.3 Å². The first-order valence-corrected chi connectivity index (χ1v) is 32.8. The second-order valence-corrected chi connectivity index (χ2v) is 30.0. The molecule has 10 aliphatic rings. The number of nitrogens with one attached hydrogen (secondary N) is 1. The number of fused-ring (bicyclic) bond motifs is 10. The number of sulfonamides is 2. The summed E-state index contributed by atoms with van der Waals surface area (Å²) in [4.78, 5) is 28.2. The number of nitrogens with zero attached hydrogens (tertiary/aromatic N) is 3. The van der Waals surface area contributed by atoms with E-state index in [1.807, 2.05) is 0 Å². The molecule has 408 valence electrons. The molecule has 3 N–H and O–H groups in total. The summed E-state index contributed by atoms with van der Waals surface area (Å²) in [7, 11) is -2.69. The van der Waals surface area contributed by atoms with Crippen LogP contribution in [0.2, 0.25) is 0 Å². The van der Waals surface area contributed by atoms with Crippen LogP contribution in [0.5, 0.6) is 0 Å². The second-order valence-electron chi connectivity index (χ2n) is 25.4. The molecule has 10 fully saturated rings. The molecule has 0 aromatic heterocycles. The molecule has 0 aromatic rings. The Hall–Kier alpha value is -0.600. The monoisotopic (exact) mass is 1100 g/mol. The molecule has 0 bridgehead atoms. The molecule has 16 atom stereocenters. The van der Waals surface area contributed by atoms with Crippen molar-refractivity contribution in [3.63, 3.8) is 0 Å². The van der Waals surface area contributed by atoms with Crippen molar-refractivity contribution in [1.29, 1.82) is 0 Å².